The number of hydrogen-bond acceptors (Lipinski definition) is 2. The van der Waals surface area contributed by atoms with Gasteiger partial charge in [-0.15, -0.1) is 0 Å². The van der Waals surface area contributed by atoms with Crippen molar-refractivity contribution in [2.75, 3.05) is 0 Å². The van der Waals surface area contributed by atoms with E-state index >= 15 is 0 Å². The van der Waals surface area contributed by atoms with Crippen LogP contribution in [-0.2, 0) is 9.31 Å². The Morgan fingerprint density at radius 1 is 1.38 bits per heavy atom. The molecule has 0 aliphatic carbocycles. The molecule has 0 spiro atoms. The first-order valence-corrected chi connectivity index (χ1v) is 4.81. The molecule has 0 N–H and O–H groups in total. The fraction of sp³-hybridized carbons (Fsp3) is 0.600. The zero-order chi connectivity index (χ0) is 9.84. The molecule has 13 heavy (non-hydrogen) atoms. The second-order valence-corrected chi connectivity index (χ2v) is 3.40. The highest BCUT2D eigenvalue weighted by Crippen LogP contribution is 2.20. The lowest BCUT2D eigenvalue weighted by molar-refractivity contribution is 0.187. The average molecular weight is 180 g/mol. The molecule has 0 aromatic carbocycles. The Labute approximate surface area is 80.8 Å². The van der Waals surface area contributed by atoms with Crippen molar-refractivity contribution in [3.05, 3.63) is 24.2 Å². The minimum absolute atomic E-state index is 0.164. The van der Waals surface area contributed by atoms with Crippen molar-refractivity contribution in [1.29, 1.82) is 0 Å². The minimum Gasteiger partial charge on any atom is -0.402 e. The van der Waals surface area contributed by atoms with E-state index in [1.807, 2.05) is 19.9 Å². The zero-order valence-electron chi connectivity index (χ0n) is 8.62. The monoisotopic (exact) mass is 180 g/mol. The van der Waals surface area contributed by atoms with Gasteiger partial charge in [0.2, 0.25) is 0 Å². The van der Waals surface area contributed by atoms with E-state index in [0.717, 1.165) is 11.9 Å². The van der Waals surface area contributed by atoms with Gasteiger partial charge in [-0.1, -0.05) is 25.7 Å². The molecule has 1 heterocycles. The third kappa shape index (κ3) is 2.71. The second-order valence-electron chi connectivity index (χ2n) is 3.40. The van der Waals surface area contributed by atoms with Crippen LogP contribution in [0.4, 0.5) is 0 Å². The van der Waals surface area contributed by atoms with Crippen LogP contribution in [-0.4, -0.2) is 19.3 Å². The van der Waals surface area contributed by atoms with E-state index in [-0.39, 0.29) is 19.3 Å². The normalized spacial score (nSPS) is 28.7. The van der Waals surface area contributed by atoms with E-state index in [2.05, 4.69) is 19.6 Å². The number of hydrogen-bond donors (Lipinski definition) is 0. The van der Waals surface area contributed by atoms with E-state index in [1.54, 1.807) is 0 Å². The molecule has 2 nitrogen and oxygen atoms in total. The molecule has 0 saturated carbocycles. The first kappa shape index (κ1) is 10.5. The quantitative estimate of drug-likeness (QED) is 0.490. The smallest absolute Gasteiger partial charge is 0.402 e. The summed E-state index contributed by atoms with van der Waals surface area (Å²) in [7, 11) is -0.243. The standard InChI is InChI=1S/C10H17BO2/c1-5-6-7-8(2)11-12-9(3)10(4)13-11/h6-7,9-10H,2,5H2,1,3-4H3/b7-6+. The van der Waals surface area contributed by atoms with Gasteiger partial charge in [0, 0.05) is 0 Å². The Morgan fingerprint density at radius 3 is 2.38 bits per heavy atom. The molecule has 2 unspecified atom stereocenters. The van der Waals surface area contributed by atoms with Crippen molar-refractivity contribution in [2.45, 2.75) is 39.4 Å². The maximum absolute atomic E-state index is 5.56. The average Bonchev–Trinajstić information content (AvgIpc) is 2.43. The SMILES string of the molecule is C=C(/C=C/CC)B1OC(C)C(C)O1. The number of rotatable bonds is 3. The second kappa shape index (κ2) is 4.63. The fourth-order valence-electron chi connectivity index (χ4n) is 1.17. The molecule has 3 heteroatoms. The largest absolute Gasteiger partial charge is 0.493 e. The van der Waals surface area contributed by atoms with Crippen LogP contribution in [0.15, 0.2) is 24.2 Å². The van der Waals surface area contributed by atoms with Gasteiger partial charge in [-0.2, -0.15) is 0 Å². The minimum atomic E-state index is -0.243. The van der Waals surface area contributed by atoms with Gasteiger partial charge in [-0.25, -0.2) is 0 Å². The summed E-state index contributed by atoms with van der Waals surface area (Å²) in [6.45, 7) is 10.0. The predicted molar refractivity (Wildman–Crippen MR) is 55.4 cm³/mol. The molecule has 1 saturated heterocycles. The molecule has 0 amide bonds. The van der Waals surface area contributed by atoms with Gasteiger partial charge >= 0.3 is 7.12 Å². The van der Waals surface area contributed by atoms with Gasteiger partial charge < -0.3 is 9.31 Å². The molecule has 1 fully saturated rings. The van der Waals surface area contributed by atoms with Crippen LogP contribution < -0.4 is 0 Å². The molecule has 1 aliphatic rings. The van der Waals surface area contributed by atoms with Crippen LogP contribution in [0.1, 0.15) is 27.2 Å². The molecule has 0 radical (unpaired) electrons. The summed E-state index contributed by atoms with van der Waals surface area (Å²) < 4.78 is 11.1. The first-order valence-electron chi connectivity index (χ1n) is 4.81. The zero-order valence-corrected chi connectivity index (χ0v) is 8.62. The third-order valence-corrected chi connectivity index (χ3v) is 2.21. The van der Waals surface area contributed by atoms with Crippen LogP contribution >= 0.6 is 0 Å². The van der Waals surface area contributed by atoms with Crippen LogP contribution in [0.3, 0.4) is 0 Å². The lowest BCUT2D eigenvalue weighted by Gasteiger charge is -2.04. The van der Waals surface area contributed by atoms with E-state index in [9.17, 15) is 0 Å². The van der Waals surface area contributed by atoms with Crippen LogP contribution in [0.5, 0.6) is 0 Å². The summed E-state index contributed by atoms with van der Waals surface area (Å²) in [6.07, 6.45) is 5.36. The van der Waals surface area contributed by atoms with Gasteiger partial charge in [0.05, 0.1) is 12.2 Å². The molecular weight excluding hydrogens is 163 g/mol. The molecule has 0 aromatic rings. The Morgan fingerprint density at radius 2 is 1.92 bits per heavy atom. The predicted octanol–water partition coefficient (Wildman–Crippen LogP) is 2.36. The molecule has 1 aliphatic heterocycles. The highest BCUT2D eigenvalue weighted by atomic mass is 16.7. The van der Waals surface area contributed by atoms with Gasteiger partial charge in [-0.3, -0.25) is 0 Å². The summed E-state index contributed by atoms with van der Waals surface area (Å²) in [4.78, 5) is 0. The van der Waals surface area contributed by atoms with Crippen molar-refractivity contribution in [3.8, 4) is 0 Å². The lowest BCUT2D eigenvalue weighted by atomic mass is 9.79. The molecule has 2 atom stereocenters. The van der Waals surface area contributed by atoms with Crippen LogP contribution in [0.25, 0.3) is 0 Å². The Hall–Kier alpha value is -0.535. The van der Waals surface area contributed by atoms with Crippen molar-refractivity contribution >= 4 is 7.12 Å². The van der Waals surface area contributed by atoms with Crippen molar-refractivity contribution < 1.29 is 9.31 Å². The number of allylic oxidation sites excluding steroid dienone is 3. The molecule has 0 aromatic heterocycles. The van der Waals surface area contributed by atoms with Gasteiger partial charge in [0.25, 0.3) is 0 Å². The van der Waals surface area contributed by atoms with Gasteiger partial charge in [0.15, 0.2) is 0 Å². The van der Waals surface area contributed by atoms with Crippen molar-refractivity contribution in [1.82, 2.24) is 0 Å². The van der Waals surface area contributed by atoms with Crippen molar-refractivity contribution in [2.24, 2.45) is 0 Å². The summed E-state index contributed by atoms with van der Waals surface area (Å²) in [5, 5.41) is 0. The molecule has 1 rings (SSSR count). The van der Waals surface area contributed by atoms with E-state index in [0.29, 0.717) is 0 Å². The molecular formula is C10H17BO2. The van der Waals surface area contributed by atoms with E-state index in [4.69, 9.17) is 9.31 Å². The van der Waals surface area contributed by atoms with Crippen molar-refractivity contribution in [3.63, 3.8) is 0 Å². The molecule has 72 valence electrons. The summed E-state index contributed by atoms with van der Waals surface area (Å²) >= 11 is 0. The maximum atomic E-state index is 5.56. The van der Waals surface area contributed by atoms with Gasteiger partial charge in [-0.05, 0) is 25.7 Å². The van der Waals surface area contributed by atoms with Gasteiger partial charge in [0.1, 0.15) is 0 Å². The summed E-state index contributed by atoms with van der Waals surface area (Å²) in [5.74, 6) is 0. The summed E-state index contributed by atoms with van der Waals surface area (Å²) in [5.41, 5.74) is 0.901. The lowest BCUT2D eigenvalue weighted by Crippen LogP contribution is -2.17. The first-order chi connectivity index (χ1) is 6.15. The highest BCUT2D eigenvalue weighted by molar-refractivity contribution is 6.55. The topological polar surface area (TPSA) is 18.5 Å². The van der Waals surface area contributed by atoms with E-state index in [1.165, 1.54) is 0 Å². The Kier molecular flexibility index (Phi) is 3.76. The Balaban J connectivity index is 2.46. The Bertz CT molecular complexity index is 203. The fourth-order valence-corrected chi connectivity index (χ4v) is 1.17. The third-order valence-electron chi connectivity index (χ3n) is 2.21. The maximum Gasteiger partial charge on any atom is 0.493 e. The summed E-state index contributed by atoms with van der Waals surface area (Å²) in [6, 6.07) is 0. The molecule has 0 bridgehead atoms. The highest BCUT2D eigenvalue weighted by Gasteiger charge is 2.35. The van der Waals surface area contributed by atoms with E-state index < -0.39 is 0 Å². The van der Waals surface area contributed by atoms with Crippen LogP contribution in [0.2, 0.25) is 0 Å². The van der Waals surface area contributed by atoms with Crippen LogP contribution in [0, 0.1) is 0 Å².